The van der Waals surface area contributed by atoms with Crippen LogP contribution < -0.4 is 5.73 Å². The zero-order chi connectivity index (χ0) is 13.5. The highest BCUT2D eigenvalue weighted by Gasteiger charge is 2.14. The maximum absolute atomic E-state index is 11.6. The average Bonchev–Trinajstić information content (AvgIpc) is 2.36. The lowest BCUT2D eigenvalue weighted by molar-refractivity contribution is -0.150. The van der Waals surface area contributed by atoms with Gasteiger partial charge in [0, 0.05) is 12.5 Å². The average molecular weight is 249 g/mol. The molecule has 2 N–H and O–H groups in total. The van der Waals surface area contributed by atoms with Crippen LogP contribution in [0.3, 0.4) is 0 Å². The van der Waals surface area contributed by atoms with Crippen LogP contribution in [0.15, 0.2) is 30.3 Å². The molecule has 2 atom stereocenters. The quantitative estimate of drug-likeness (QED) is 0.788. The Labute approximate surface area is 109 Å². The molecule has 0 heterocycles. The number of rotatable bonds is 6. The van der Waals surface area contributed by atoms with Gasteiger partial charge in [-0.05, 0) is 24.8 Å². The fourth-order valence-electron chi connectivity index (χ4n) is 1.54. The van der Waals surface area contributed by atoms with E-state index in [0.717, 1.165) is 5.56 Å². The highest BCUT2D eigenvalue weighted by atomic mass is 16.5. The highest BCUT2D eigenvalue weighted by Crippen LogP contribution is 2.16. The minimum Gasteiger partial charge on any atom is -0.462 e. The summed E-state index contributed by atoms with van der Waals surface area (Å²) in [7, 11) is 0. The number of ether oxygens (including phenoxy) is 1. The van der Waals surface area contributed by atoms with Gasteiger partial charge in [-0.2, -0.15) is 0 Å². The normalized spacial score (nSPS) is 14.3. The Morgan fingerprint density at radius 1 is 1.22 bits per heavy atom. The lowest BCUT2D eigenvalue weighted by Crippen LogP contribution is -2.21. The highest BCUT2D eigenvalue weighted by molar-refractivity contribution is 5.69. The Hall–Kier alpha value is -1.35. The Morgan fingerprint density at radius 3 is 2.39 bits per heavy atom. The van der Waals surface area contributed by atoms with Gasteiger partial charge >= 0.3 is 5.97 Å². The second-order valence-electron chi connectivity index (χ2n) is 4.99. The van der Waals surface area contributed by atoms with Gasteiger partial charge in [-0.15, -0.1) is 0 Å². The lowest BCUT2D eigenvalue weighted by atomic mass is 10.0. The van der Waals surface area contributed by atoms with Gasteiger partial charge in [0.15, 0.2) is 0 Å². The van der Waals surface area contributed by atoms with Crippen molar-refractivity contribution in [1.29, 1.82) is 0 Å². The molecular weight excluding hydrogens is 226 g/mol. The molecule has 0 aliphatic carbocycles. The van der Waals surface area contributed by atoms with Gasteiger partial charge in [-0.25, -0.2) is 0 Å². The summed E-state index contributed by atoms with van der Waals surface area (Å²) < 4.78 is 5.30. The van der Waals surface area contributed by atoms with Crippen LogP contribution in [0.25, 0.3) is 0 Å². The minimum absolute atomic E-state index is 0.0366. The molecule has 0 aliphatic heterocycles. The van der Waals surface area contributed by atoms with Crippen molar-refractivity contribution in [2.75, 3.05) is 0 Å². The van der Waals surface area contributed by atoms with Crippen molar-refractivity contribution in [3.63, 3.8) is 0 Å². The number of hydrogen-bond donors (Lipinski definition) is 1. The van der Waals surface area contributed by atoms with Crippen LogP contribution in [-0.2, 0) is 9.53 Å². The van der Waals surface area contributed by atoms with Gasteiger partial charge in [0.25, 0.3) is 0 Å². The summed E-state index contributed by atoms with van der Waals surface area (Å²) in [5.41, 5.74) is 7.08. The molecule has 0 amide bonds. The zero-order valence-corrected chi connectivity index (χ0v) is 11.4. The Kier molecular flexibility index (Phi) is 5.86. The molecule has 1 rings (SSSR count). The van der Waals surface area contributed by atoms with Gasteiger partial charge in [-0.1, -0.05) is 44.2 Å². The number of esters is 1. The van der Waals surface area contributed by atoms with Gasteiger partial charge < -0.3 is 10.5 Å². The molecule has 0 bridgehead atoms. The number of hydrogen-bond acceptors (Lipinski definition) is 3. The number of benzene rings is 1. The third-order valence-electron chi connectivity index (χ3n) is 3.14. The molecule has 0 saturated carbocycles. The first-order valence-electron chi connectivity index (χ1n) is 6.50. The fraction of sp³-hybridized carbons (Fsp3) is 0.533. The molecule has 0 spiro atoms. The number of nitrogens with two attached hydrogens (primary N) is 1. The predicted octanol–water partition coefficient (Wildman–Crippen LogP) is 3.05. The molecule has 3 heteroatoms. The molecule has 0 fully saturated rings. The van der Waals surface area contributed by atoms with Crippen molar-refractivity contribution >= 4 is 5.97 Å². The van der Waals surface area contributed by atoms with E-state index in [2.05, 4.69) is 0 Å². The van der Waals surface area contributed by atoms with E-state index in [9.17, 15) is 4.79 Å². The van der Waals surface area contributed by atoms with E-state index in [4.69, 9.17) is 10.5 Å². The molecule has 18 heavy (non-hydrogen) atoms. The van der Waals surface area contributed by atoms with Gasteiger partial charge in [-0.3, -0.25) is 4.79 Å². The monoisotopic (exact) mass is 249 g/mol. The summed E-state index contributed by atoms with van der Waals surface area (Å²) in [6.45, 7) is 5.99. The summed E-state index contributed by atoms with van der Waals surface area (Å²) in [5, 5.41) is 0. The molecule has 0 aliphatic rings. The van der Waals surface area contributed by atoms with Crippen molar-refractivity contribution in [3.05, 3.63) is 35.9 Å². The molecule has 100 valence electrons. The third kappa shape index (κ3) is 4.88. The molecule has 0 aromatic heterocycles. The predicted molar refractivity (Wildman–Crippen MR) is 73.0 cm³/mol. The molecule has 2 unspecified atom stereocenters. The molecule has 3 nitrogen and oxygen atoms in total. The van der Waals surface area contributed by atoms with Gasteiger partial charge in [0.1, 0.15) is 6.10 Å². The second kappa shape index (κ2) is 7.17. The van der Waals surface area contributed by atoms with E-state index in [1.54, 1.807) is 0 Å². The Morgan fingerprint density at radius 2 is 1.83 bits per heavy atom. The molecule has 0 saturated heterocycles. The van der Waals surface area contributed by atoms with E-state index >= 15 is 0 Å². The molecule has 1 aromatic rings. The summed E-state index contributed by atoms with van der Waals surface area (Å²) in [6.07, 6.45) is 0.950. The van der Waals surface area contributed by atoms with Crippen molar-refractivity contribution < 1.29 is 9.53 Å². The first kappa shape index (κ1) is 14.7. The fourth-order valence-corrected chi connectivity index (χ4v) is 1.54. The van der Waals surface area contributed by atoms with Crippen LogP contribution >= 0.6 is 0 Å². The second-order valence-corrected chi connectivity index (χ2v) is 4.99. The SMILES string of the molecule is CC(C)C(C)OC(=O)CCC(N)c1ccccc1. The van der Waals surface area contributed by atoms with Crippen LogP contribution in [0.5, 0.6) is 0 Å². The van der Waals surface area contributed by atoms with Crippen molar-refractivity contribution in [3.8, 4) is 0 Å². The first-order valence-corrected chi connectivity index (χ1v) is 6.50. The third-order valence-corrected chi connectivity index (χ3v) is 3.14. The van der Waals surface area contributed by atoms with E-state index < -0.39 is 0 Å². The number of carbonyl (C=O) groups excluding carboxylic acids is 1. The van der Waals surface area contributed by atoms with Gasteiger partial charge in [0.2, 0.25) is 0 Å². The van der Waals surface area contributed by atoms with Gasteiger partial charge in [0.05, 0.1) is 0 Å². The molecule has 1 aromatic carbocycles. The standard InChI is InChI=1S/C15H23NO2/c1-11(2)12(3)18-15(17)10-9-14(16)13-7-5-4-6-8-13/h4-8,11-12,14H,9-10,16H2,1-3H3. The molecular formula is C15H23NO2. The summed E-state index contributed by atoms with van der Waals surface area (Å²) in [6, 6.07) is 9.71. The van der Waals surface area contributed by atoms with Crippen LogP contribution in [0.1, 0.15) is 45.2 Å². The van der Waals surface area contributed by atoms with E-state index in [1.165, 1.54) is 0 Å². The summed E-state index contributed by atoms with van der Waals surface area (Å²) >= 11 is 0. The largest absolute Gasteiger partial charge is 0.462 e. The van der Waals surface area contributed by atoms with E-state index in [1.807, 2.05) is 51.1 Å². The van der Waals surface area contributed by atoms with Crippen molar-refractivity contribution in [1.82, 2.24) is 0 Å². The molecule has 0 radical (unpaired) electrons. The van der Waals surface area contributed by atoms with E-state index in [0.29, 0.717) is 18.8 Å². The zero-order valence-electron chi connectivity index (χ0n) is 11.4. The Balaban J connectivity index is 2.35. The Bertz CT molecular complexity index is 362. The lowest BCUT2D eigenvalue weighted by Gasteiger charge is -2.17. The van der Waals surface area contributed by atoms with Crippen LogP contribution in [-0.4, -0.2) is 12.1 Å². The van der Waals surface area contributed by atoms with Crippen molar-refractivity contribution in [2.24, 2.45) is 11.7 Å². The topological polar surface area (TPSA) is 52.3 Å². The maximum atomic E-state index is 11.6. The van der Waals surface area contributed by atoms with Crippen LogP contribution in [0.4, 0.5) is 0 Å². The van der Waals surface area contributed by atoms with Crippen LogP contribution in [0.2, 0.25) is 0 Å². The van der Waals surface area contributed by atoms with Crippen LogP contribution in [0, 0.1) is 5.92 Å². The maximum Gasteiger partial charge on any atom is 0.306 e. The minimum atomic E-state index is -0.164. The first-order chi connectivity index (χ1) is 8.50. The smallest absolute Gasteiger partial charge is 0.306 e. The number of carbonyl (C=O) groups is 1. The van der Waals surface area contributed by atoms with Crippen molar-refractivity contribution in [2.45, 2.75) is 45.8 Å². The summed E-state index contributed by atoms with van der Waals surface area (Å²) in [5.74, 6) is 0.180. The summed E-state index contributed by atoms with van der Waals surface area (Å²) in [4.78, 5) is 11.6. The van der Waals surface area contributed by atoms with E-state index in [-0.39, 0.29) is 18.1 Å².